The van der Waals surface area contributed by atoms with E-state index in [-0.39, 0.29) is 17.7 Å². The van der Waals surface area contributed by atoms with Gasteiger partial charge in [0.25, 0.3) is 0 Å². The van der Waals surface area contributed by atoms with Crippen LogP contribution in [0.2, 0.25) is 0 Å². The molecule has 1 aromatic carbocycles. The second-order valence-electron chi connectivity index (χ2n) is 6.03. The molecule has 2 bridgehead atoms. The molecule has 0 saturated carbocycles. The first-order valence-electron chi connectivity index (χ1n) is 8.02. The van der Waals surface area contributed by atoms with Crippen LogP contribution in [0.15, 0.2) is 53.4 Å². The van der Waals surface area contributed by atoms with Gasteiger partial charge in [0.15, 0.2) is 0 Å². The van der Waals surface area contributed by atoms with Gasteiger partial charge in [0.05, 0.1) is 23.2 Å². The van der Waals surface area contributed by atoms with E-state index in [9.17, 15) is 9.18 Å². The molecule has 1 aromatic heterocycles. The smallest absolute Gasteiger partial charge is 0.338 e. The van der Waals surface area contributed by atoms with Gasteiger partial charge in [-0.15, -0.1) is 0 Å². The largest absolute Gasteiger partial charge is 0.462 e. The van der Waals surface area contributed by atoms with E-state index >= 15 is 0 Å². The highest BCUT2D eigenvalue weighted by Gasteiger charge is 2.30. The van der Waals surface area contributed by atoms with Gasteiger partial charge in [0.1, 0.15) is 11.7 Å². The van der Waals surface area contributed by atoms with E-state index in [4.69, 9.17) is 4.74 Å². The number of fused-ring (bicyclic) bond motifs is 3. The molecule has 0 radical (unpaired) electrons. The third-order valence-electron chi connectivity index (χ3n) is 4.62. The number of imidazole rings is 1. The number of hydrogen-bond donors (Lipinski definition) is 0. The van der Waals surface area contributed by atoms with Crippen LogP contribution in [0, 0.1) is 12.8 Å². The number of rotatable bonds is 4. The van der Waals surface area contributed by atoms with Gasteiger partial charge < -0.3 is 9.30 Å². The van der Waals surface area contributed by atoms with Crippen molar-refractivity contribution < 1.29 is 13.9 Å². The van der Waals surface area contributed by atoms with Gasteiger partial charge in [-0.2, -0.15) is 0 Å². The van der Waals surface area contributed by atoms with Gasteiger partial charge in [-0.3, -0.25) is 0 Å². The number of aryl methyl sites for hydroxylation is 1. The summed E-state index contributed by atoms with van der Waals surface area (Å²) in [5.41, 5.74) is 3.91. The average Bonchev–Trinajstić information content (AvgIpc) is 3.18. The Hall–Kier alpha value is -2.69. The Balaban J connectivity index is 1.73. The minimum atomic E-state index is -0.344. The zero-order chi connectivity index (χ0) is 16.8. The number of nitrogens with zero attached hydrogens (tertiary/aromatic N) is 2. The fraction of sp³-hybridized carbons (Fsp3) is 0.263. The van der Waals surface area contributed by atoms with Crippen LogP contribution in [-0.4, -0.2) is 22.1 Å². The number of esters is 1. The fourth-order valence-electron chi connectivity index (χ4n) is 3.42. The van der Waals surface area contributed by atoms with Crippen molar-refractivity contribution in [2.45, 2.75) is 20.4 Å². The number of ether oxygens (including phenoxy) is 1. The zero-order valence-electron chi connectivity index (χ0n) is 13.5. The lowest BCUT2D eigenvalue weighted by molar-refractivity contribution is 0.0526. The first-order chi connectivity index (χ1) is 11.6. The molecule has 0 saturated heterocycles. The van der Waals surface area contributed by atoms with Crippen molar-refractivity contribution in [3.8, 4) is 0 Å². The van der Waals surface area contributed by atoms with Gasteiger partial charge in [-0.25, -0.2) is 14.2 Å². The van der Waals surface area contributed by atoms with E-state index in [1.165, 1.54) is 0 Å². The van der Waals surface area contributed by atoms with E-state index in [1.807, 2.05) is 29.7 Å². The lowest BCUT2D eigenvalue weighted by atomic mass is 10.0. The van der Waals surface area contributed by atoms with E-state index in [0.29, 0.717) is 18.7 Å². The Morgan fingerprint density at radius 3 is 2.88 bits per heavy atom. The number of benzene rings is 1. The van der Waals surface area contributed by atoms with Crippen LogP contribution in [0.4, 0.5) is 4.39 Å². The number of hydrogen-bond acceptors (Lipinski definition) is 3. The van der Waals surface area contributed by atoms with Gasteiger partial charge in [-0.05, 0) is 49.3 Å². The monoisotopic (exact) mass is 324 g/mol. The second kappa shape index (κ2) is 5.44. The molecular weight excluding hydrogens is 307 g/mol. The van der Waals surface area contributed by atoms with Crippen LogP contribution in [-0.2, 0) is 11.3 Å². The maximum absolute atomic E-state index is 13.8. The van der Waals surface area contributed by atoms with Crippen LogP contribution in [0.3, 0.4) is 0 Å². The predicted molar refractivity (Wildman–Crippen MR) is 89.3 cm³/mol. The summed E-state index contributed by atoms with van der Waals surface area (Å²) >= 11 is 0. The zero-order valence-corrected chi connectivity index (χ0v) is 13.5. The highest BCUT2D eigenvalue weighted by molar-refractivity contribution is 5.93. The van der Waals surface area contributed by atoms with Gasteiger partial charge in [0.2, 0.25) is 0 Å². The summed E-state index contributed by atoms with van der Waals surface area (Å²) in [7, 11) is 0. The number of halogens is 1. The number of carbonyl (C=O) groups is 1. The first-order valence-corrected chi connectivity index (χ1v) is 8.02. The van der Waals surface area contributed by atoms with E-state index in [1.54, 1.807) is 25.1 Å². The summed E-state index contributed by atoms with van der Waals surface area (Å²) in [6, 6.07) is 5.35. The maximum atomic E-state index is 13.8. The Kier molecular flexibility index (Phi) is 3.37. The second-order valence-corrected chi connectivity index (χ2v) is 6.03. The van der Waals surface area contributed by atoms with Crippen LogP contribution >= 0.6 is 0 Å². The van der Waals surface area contributed by atoms with Crippen LogP contribution in [0.5, 0.6) is 0 Å². The van der Waals surface area contributed by atoms with Crippen molar-refractivity contribution in [1.82, 2.24) is 9.55 Å². The number of allylic oxidation sites excluding steroid dienone is 6. The summed E-state index contributed by atoms with van der Waals surface area (Å²) in [4.78, 5) is 16.5. The van der Waals surface area contributed by atoms with Gasteiger partial charge >= 0.3 is 5.97 Å². The molecule has 0 N–H and O–H groups in total. The SMILES string of the molecule is CCOC(=O)c1ccc2nc(C)n(CC3C4=CC(F)=C3C=C4)c2c1. The summed E-state index contributed by atoms with van der Waals surface area (Å²) in [5, 5.41) is 0. The molecule has 0 amide bonds. The fourth-order valence-corrected chi connectivity index (χ4v) is 3.42. The van der Waals surface area contributed by atoms with Crippen LogP contribution in [0.1, 0.15) is 23.1 Å². The number of carbonyl (C=O) groups excluding carboxylic acids is 1. The number of aromatic nitrogens is 2. The molecule has 2 aromatic rings. The molecule has 2 aliphatic rings. The van der Waals surface area contributed by atoms with Crippen LogP contribution < -0.4 is 0 Å². The topological polar surface area (TPSA) is 44.1 Å². The Morgan fingerprint density at radius 1 is 1.38 bits per heavy atom. The average molecular weight is 324 g/mol. The van der Waals surface area contributed by atoms with Crippen molar-refractivity contribution in [1.29, 1.82) is 0 Å². The van der Waals surface area contributed by atoms with Crippen molar-refractivity contribution in [2.75, 3.05) is 6.61 Å². The molecule has 1 unspecified atom stereocenters. The molecule has 4 nitrogen and oxygen atoms in total. The molecular formula is C19H17FN2O2. The normalized spacial score (nSPS) is 18.6. The quantitative estimate of drug-likeness (QED) is 0.802. The summed E-state index contributed by atoms with van der Waals surface area (Å²) in [6.45, 7) is 4.65. The molecule has 0 spiro atoms. The van der Waals surface area contributed by atoms with Crippen molar-refractivity contribution >= 4 is 17.0 Å². The van der Waals surface area contributed by atoms with Gasteiger partial charge in [0, 0.05) is 12.5 Å². The molecule has 0 aliphatic heterocycles. The third-order valence-corrected chi connectivity index (χ3v) is 4.62. The van der Waals surface area contributed by atoms with E-state index < -0.39 is 0 Å². The molecule has 2 aliphatic carbocycles. The van der Waals surface area contributed by atoms with E-state index in [0.717, 1.165) is 28.0 Å². The highest BCUT2D eigenvalue weighted by atomic mass is 19.1. The predicted octanol–water partition coefficient (Wildman–Crippen LogP) is 3.87. The minimum Gasteiger partial charge on any atom is -0.462 e. The molecule has 4 rings (SSSR count). The van der Waals surface area contributed by atoms with E-state index in [2.05, 4.69) is 4.98 Å². The summed E-state index contributed by atoms with van der Waals surface area (Å²) < 4.78 is 20.9. The molecule has 5 heteroatoms. The van der Waals surface area contributed by atoms with Crippen molar-refractivity contribution in [3.05, 3.63) is 64.8 Å². The third kappa shape index (κ3) is 2.19. The van der Waals surface area contributed by atoms with Gasteiger partial charge in [-0.1, -0.05) is 12.2 Å². The summed E-state index contributed by atoms with van der Waals surface area (Å²) in [6.07, 6.45) is 5.40. The molecule has 1 heterocycles. The maximum Gasteiger partial charge on any atom is 0.338 e. The highest BCUT2D eigenvalue weighted by Crippen LogP contribution is 2.41. The summed E-state index contributed by atoms with van der Waals surface area (Å²) in [5.74, 6) is 0.377. The molecule has 1 atom stereocenters. The standard InChI is InChI=1S/C19H17FN2O2/c1-3-24-19(23)13-5-7-17-18(9-13)22(11(2)21-17)10-15-12-4-6-14(15)16(20)8-12/h4-9,15H,3,10H2,1-2H3. The van der Waals surface area contributed by atoms with Crippen molar-refractivity contribution in [3.63, 3.8) is 0 Å². The lowest BCUT2D eigenvalue weighted by Gasteiger charge is -2.14. The Labute approximate surface area is 138 Å². The van der Waals surface area contributed by atoms with Crippen molar-refractivity contribution in [2.24, 2.45) is 5.92 Å². The first kappa shape index (κ1) is 14.9. The lowest BCUT2D eigenvalue weighted by Crippen LogP contribution is -2.11. The Bertz CT molecular complexity index is 950. The molecule has 0 fully saturated rings. The Morgan fingerprint density at radius 2 is 2.21 bits per heavy atom. The molecule has 122 valence electrons. The molecule has 24 heavy (non-hydrogen) atoms. The minimum absolute atomic E-state index is 0.0207. The van der Waals surface area contributed by atoms with Crippen LogP contribution in [0.25, 0.3) is 11.0 Å².